The number of aromatic nitrogens is 1. The van der Waals surface area contributed by atoms with Crippen molar-refractivity contribution in [2.75, 3.05) is 25.5 Å². The molecular weight excluding hydrogens is 280 g/mol. The fourth-order valence-electron chi connectivity index (χ4n) is 2.20. The Kier molecular flexibility index (Phi) is 5.09. The second kappa shape index (κ2) is 6.62. The Balaban J connectivity index is 2.01. The van der Waals surface area contributed by atoms with Crippen LogP contribution in [0.5, 0.6) is 0 Å². The SMILES string of the molecule is CC1COC(CO)CN1S(=O)(=O)CCc1ccncc1. The van der Waals surface area contributed by atoms with Crippen molar-refractivity contribution in [3.63, 3.8) is 0 Å². The van der Waals surface area contributed by atoms with Gasteiger partial charge in [0.25, 0.3) is 0 Å². The summed E-state index contributed by atoms with van der Waals surface area (Å²) < 4.78 is 31.6. The fraction of sp³-hybridized carbons (Fsp3) is 0.615. The van der Waals surface area contributed by atoms with Gasteiger partial charge in [-0.25, -0.2) is 8.42 Å². The third-order valence-electron chi connectivity index (χ3n) is 3.41. The number of rotatable bonds is 5. The standard InChI is InChI=1S/C13H20N2O4S/c1-11-10-19-13(9-16)8-15(11)20(17,18)7-4-12-2-5-14-6-3-12/h2-3,5-6,11,13,16H,4,7-10H2,1H3. The van der Waals surface area contributed by atoms with E-state index in [0.717, 1.165) is 5.56 Å². The van der Waals surface area contributed by atoms with E-state index in [2.05, 4.69) is 4.98 Å². The van der Waals surface area contributed by atoms with Crippen LogP contribution in [0.4, 0.5) is 0 Å². The molecule has 1 aromatic rings. The summed E-state index contributed by atoms with van der Waals surface area (Å²) in [5.41, 5.74) is 0.947. The highest BCUT2D eigenvalue weighted by Gasteiger charge is 2.33. The number of pyridine rings is 1. The number of ether oxygens (including phenoxy) is 1. The van der Waals surface area contributed by atoms with Crippen LogP contribution in [-0.2, 0) is 21.2 Å². The average Bonchev–Trinajstić information content (AvgIpc) is 2.47. The monoisotopic (exact) mass is 300 g/mol. The number of hydrogen-bond acceptors (Lipinski definition) is 5. The van der Waals surface area contributed by atoms with E-state index >= 15 is 0 Å². The summed E-state index contributed by atoms with van der Waals surface area (Å²) in [7, 11) is -3.35. The molecule has 2 unspecified atom stereocenters. The number of morpholine rings is 1. The summed E-state index contributed by atoms with van der Waals surface area (Å²) in [4.78, 5) is 3.91. The van der Waals surface area contributed by atoms with E-state index in [9.17, 15) is 8.42 Å². The van der Waals surface area contributed by atoms with Gasteiger partial charge in [-0.2, -0.15) is 4.31 Å². The normalized spacial score (nSPS) is 24.7. The molecule has 0 aromatic carbocycles. The molecule has 2 rings (SSSR count). The zero-order valence-electron chi connectivity index (χ0n) is 11.5. The van der Waals surface area contributed by atoms with Crippen LogP contribution in [0, 0.1) is 0 Å². The van der Waals surface area contributed by atoms with Crippen molar-refractivity contribution in [1.82, 2.24) is 9.29 Å². The Morgan fingerprint density at radius 3 is 2.80 bits per heavy atom. The minimum Gasteiger partial charge on any atom is -0.394 e. The lowest BCUT2D eigenvalue weighted by Gasteiger charge is -2.36. The molecule has 0 spiro atoms. The van der Waals surface area contributed by atoms with Crippen molar-refractivity contribution in [2.24, 2.45) is 0 Å². The Bertz CT molecular complexity index is 520. The quantitative estimate of drug-likeness (QED) is 0.830. The second-order valence-corrected chi connectivity index (χ2v) is 7.02. The van der Waals surface area contributed by atoms with Gasteiger partial charge in [0, 0.05) is 25.0 Å². The molecule has 0 radical (unpaired) electrons. The third kappa shape index (κ3) is 3.76. The molecule has 1 fully saturated rings. The van der Waals surface area contributed by atoms with Gasteiger partial charge in [-0.15, -0.1) is 0 Å². The molecule has 2 heterocycles. The van der Waals surface area contributed by atoms with Crippen molar-refractivity contribution in [2.45, 2.75) is 25.5 Å². The Morgan fingerprint density at radius 1 is 1.45 bits per heavy atom. The first-order chi connectivity index (χ1) is 9.53. The van der Waals surface area contributed by atoms with Gasteiger partial charge in [0.2, 0.25) is 10.0 Å². The van der Waals surface area contributed by atoms with Gasteiger partial charge in [-0.1, -0.05) is 0 Å². The first-order valence-electron chi connectivity index (χ1n) is 6.64. The number of nitrogens with zero attached hydrogens (tertiary/aromatic N) is 2. The molecule has 112 valence electrons. The minimum absolute atomic E-state index is 0.0551. The van der Waals surface area contributed by atoms with Crippen molar-refractivity contribution in [1.29, 1.82) is 0 Å². The maximum Gasteiger partial charge on any atom is 0.214 e. The molecule has 1 N–H and O–H groups in total. The molecule has 1 aliphatic rings. The summed E-state index contributed by atoms with van der Waals surface area (Å²) >= 11 is 0. The molecule has 6 nitrogen and oxygen atoms in total. The van der Waals surface area contributed by atoms with Crippen LogP contribution in [-0.4, -0.2) is 60.5 Å². The second-order valence-electron chi connectivity index (χ2n) is 4.98. The molecule has 1 saturated heterocycles. The number of aliphatic hydroxyl groups excluding tert-OH is 1. The van der Waals surface area contributed by atoms with Gasteiger partial charge in [0.05, 0.1) is 25.1 Å². The van der Waals surface area contributed by atoms with Crippen LogP contribution in [0.25, 0.3) is 0 Å². The number of aryl methyl sites for hydroxylation is 1. The van der Waals surface area contributed by atoms with Crippen LogP contribution in [0.2, 0.25) is 0 Å². The van der Waals surface area contributed by atoms with Crippen LogP contribution in [0.3, 0.4) is 0 Å². The Hall–Kier alpha value is -1.02. The highest BCUT2D eigenvalue weighted by atomic mass is 32.2. The lowest BCUT2D eigenvalue weighted by Crippen LogP contribution is -2.52. The highest BCUT2D eigenvalue weighted by Crippen LogP contribution is 2.17. The van der Waals surface area contributed by atoms with Crippen molar-refractivity contribution >= 4 is 10.0 Å². The first-order valence-corrected chi connectivity index (χ1v) is 8.24. The molecule has 7 heteroatoms. The van der Waals surface area contributed by atoms with E-state index in [4.69, 9.17) is 9.84 Å². The number of sulfonamides is 1. The van der Waals surface area contributed by atoms with E-state index < -0.39 is 16.1 Å². The number of aliphatic hydroxyl groups is 1. The van der Waals surface area contributed by atoms with Gasteiger partial charge in [-0.3, -0.25) is 4.98 Å². The molecule has 20 heavy (non-hydrogen) atoms. The highest BCUT2D eigenvalue weighted by molar-refractivity contribution is 7.89. The van der Waals surface area contributed by atoms with Gasteiger partial charge < -0.3 is 9.84 Å². The van der Waals surface area contributed by atoms with Gasteiger partial charge in [0.15, 0.2) is 0 Å². The topological polar surface area (TPSA) is 79.7 Å². The average molecular weight is 300 g/mol. The van der Waals surface area contributed by atoms with Crippen LogP contribution < -0.4 is 0 Å². The summed E-state index contributed by atoms with van der Waals surface area (Å²) in [6.07, 6.45) is 3.34. The molecule has 1 aliphatic heterocycles. The fourth-order valence-corrected chi connectivity index (χ4v) is 3.93. The van der Waals surface area contributed by atoms with Crippen molar-refractivity contribution in [3.05, 3.63) is 30.1 Å². The smallest absolute Gasteiger partial charge is 0.214 e. The lowest BCUT2D eigenvalue weighted by molar-refractivity contribution is -0.0516. The molecule has 0 saturated carbocycles. The summed E-state index contributed by atoms with van der Waals surface area (Å²) in [5.74, 6) is 0.0551. The van der Waals surface area contributed by atoms with Crippen LogP contribution >= 0.6 is 0 Å². The zero-order valence-corrected chi connectivity index (χ0v) is 12.3. The first kappa shape index (κ1) is 15.4. The molecule has 0 aliphatic carbocycles. The molecular formula is C13H20N2O4S. The van der Waals surface area contributed by atoms with Gasteiger partial charge in [-0.05, 0) is 31.0 Å². The van der Waals surface area contributed by atoms with Gasteiger partial charge in [0.1, 0.15) is 0 Å². The van der Waals surface area contributed by atoms with E-state index in [1.807, 2.05) is 19.1 Å². The molecule has 0 amide bonds. The minimum atomic E-state index is -3.35. The predicted octanol–water partition coefficient (Wildman–Crippen LogP) is 0.0355. The lowest BCUT2D eigenvalue weighted by atomic mass is 10.2. The van der Waals surface area contributed by atoms with Crippen molar-refractivity contribution in [3.8, 4) is 0 Å². The summed E-state index contributed by atoms with van der Waals surface area (Å²) in [5, 5.41) is 9.12. The van der Waals surface area contributed by atoms with E-state index in [0.29, 0.717) is 13.0 Å². The molecule has 2 atom stereocenters. The maximum absolute atomic E-state index is 12.4. The Labute approximate surface area is 119 Å². The predicted molar refractivity (Wildman–Crippen MR) is 74.7 cm³/mol. The zero-order chi connectivity index (χ0) is 14.6. The largest absolute Gasteiger partial charge is 0.394 e. The summed E-state index contributed by atoms with van der Waals surface area (Å²) in [6.45, 7) is 2.19. The van der Waals surface area contributed by atoms with Crippen molar-refractivity contribution < 1.29 is 18.3 Å². The van der Waals surface area contributed by atoms with E-state index in [1.165, 1.54) is 4.31 Å². The van der Waals surface area contributed by atoms with E-state index in [-0.39, 0.29) is 24.9 Å². The molecule has 0 bridgehead atoms. The van der Waals surface area contributed by atoms with Gasteiger partial charge >= 0.3 is 0 Å². The van der Waals surface area contributed by atoms with E-state index in [1.54, 1.807) is 12.4 Å². The number of hydrogen-bond donors (Lipinski definition) is 1. The third-order valence-corrected chi connectivity index (χ3v) is 5.35. The Morgan fingerprint density at radius 2 is 2.15 bits per heavy atom. The maximum atomic E-state index is 12.4. The van der Waals surface area contributed by atoms with Crippen LogP contribution in [0.15, 0.2) is 24.5 Å². The molecule has 1 aromatic heterocycles. The summed E-state index contributed by atoms with van der Waals surface area (Å²) in [6, 6.07) is 3.43. The van der Waals surface area contributed by atoms with Crippen LogP contribution in [0.1, 0.15) is 12.5 Å².